The molecule has 1 atom stereocenters. The van der Waals surface area contributed by atoms with E-state index in [1.807, 2.05) is 0 Å². The average Bonchev–Trinajstić information content (AvgIpc) is 2.19. The largest absolute Gasteiger partial charge is 0.481 e. The maximum absolute atomic E-state index is 12.2. The first-order valence-electron chi connectivity index (χ1n) is 6.97. The molecule has 0 aliphatic carbocycles. The molecule has 21 heavy (non-hydrogen) atoms. The van der Waals surface area contributed by atoms with E-state index < -0.39 is 40.9 Å². The smallest absolute Gasteiger partial charge is 0.321 e. The van der Waals surface area contributed by atoms with Crippen molar-refractivity contribution >= 4 is 17.9 Å². The molecule has 6 nitrogen and oxygen atoms in total. The van der Waals surface area contributed by atoms with Gasteiger partial charge in [0, 0.05) is 0 Å². The van der Waals surface area contributed by atoms with Crippen LogP contribution < -0.4 is 0 Å². The minimum Gasteiger partial charge on any atom is -0.481 e. The Kier molecular flexibility index (Phi) is 6.39. The van der Waals surface area contributed by atoms with E-state index in [1.54, 1.807) is 48.5 Å². The Morgan fingerprint density at radius 1 is 0.905 bits per heavy atom. The summed E-state index contributed by atoms with van der Waals surface area (Å²) in [6, 6.07) is 0. The Morgan fingerprint density at radius 3 is 1.43 bits per heavy atom. The van der Waals surface area contributed by atoms with Crippen LogP contribution in [0, 0.1) is 11.8 Å². The van der Waals surface area contributed by atoms with Gasteiger partial charge in [-0.25, -0.2) is 0 Å². The Morgan fingerprint density at radius 2 is 1.24 bits per heavy atom. The van der Waals surface area contributed by atoms with Gasteiger partial charge in [-0.15, -0.1) is 0 Å². The number of rotatable bonds is 5. The van der Waals surface area contributed by atoms with Crippen molar-refractivity contribution in [2.75, 3.05) is 0 Å². The van der Waals surface area contributed by atoms with E-state index >= 15 is 0 Å². The summed E-state index contributed by atoms with van der Waals surface area (Å²) in [7, 11) is 0. The summed E-state index contributed by atoms with van der Waals surface area (Å²) in [5.74, 6) is -5.60. The lowest BCUT2D eigenvalue weighted by molar-refractivity contribution is -0.181. The zero-order valence-electron chi connectivity index (χ0n) is 13.9. The number of esters is 2. The molecule has 1 N–H and O–H groups in total. The van der Waals surface area contributed by atoms with Crippen LogP contribution in [0.1, 0.15) is 54.9 Å². The molecule has 122 valence electrons. The molecule has 1 unspecified atom stereocenters. The highest BCUT2D eigenvalue weighted by molar-refractivity contribution is 5.99. The van der Waals surface area contributed by atoms with Gasteiger partial charge in [-0.2, -0.15) is 0 Å². The molecule has 0 aromatic rings. The molecule has 6 heteroatoms. The molecule has 0 aliphatic rings. The first-order chi connectivity index (χ1) is 9.28. The topological polar surface area (TPSA) is 89.9 Å². The highest BCUT2D eigenvalue weighted by Crippen LogP contribution is 2.24. The van der Waals surface area contributed by atoms with Gasteiger partial charge in [0.2, 0.25) is 0 Å². The summed E-state index contributed by atoms with van der Waals surface area (Å²) in [6.45, 7) is 11.5. The molecule has 0 aromatic carbocycles. The first kappa shape index (κ1) is 19.4. The molecule has 0 spiro atoms. The first-order valence-corrected chi connectivity index (χ1v) is 6.97. The van der Waals surface area contributed by atoms with E-state index in [0.717, 1.165) is 0 Å². The minimum absolute atomic E-state index is 0.123. The van der Waals surface area contributed by atoms with Crippen LogP contribution in [-0.2, 0) is 23.9 Å². The van der Waals surface area contributed by atoms with Gasteiger partial charge in [-0.3, -0.25) is 14.4 Å². The minimum atomic E-state index is -1.47. The van der Waals surface area contributed by atoms with Crippen molar-refractivity contribution in [3.8, 4) is 0 Å². The van der Waals surface area contributed by atoms with Gasteiger partial charge in [0.1, 0.15) is 11.2 Å². The number of hydrogen-bond donors (Lipinski definition) is 1. The number of ether oxygens (including phenoxy) is 2. The number of carbonyl (C=O) groups excluding carboxylic acids is 2. The van der Waals surface area contributed by atoms with Gasteiger partial charge < -0.3 is 14.6 Å². The number of hydrogen-bond acceptors (Lipinski definition) is 5. The standard InChI is InChI=1S/C15H26O6/c1-8-9(11(16)17)10(12(18)20-14(2,3)4)13(19)21-15(5,6)7/h9-10H,8H2,1-7H3,(H,16,17). The summed E-state index contributed by atoms with van der Waals surface area (Å²) in [5, 5.41) is 9.22. The van der Waals surface area contributed by atoms with E-state index in [1.165, 1.54) is 0 Å². The van der Waals surface area contributed by atoms with Crippen LogP contribution in [0.3, 0.4) is 0 Å². The molecular weight excluding hydrogens is 276 g/mol. The fourth-order valence-corrected chi connectivity index (χ4v) is 1.71. The summed E-state index contributed by atoms with van der Waals surface area (Å²) in [5.41, 5.74) is -1.62. The lowest BCUT2D eigenvalue weighted by Gasteiger charge is -2.28. The van der Waals surface area contributed by atoms with Crippen LogP contribution in [0.2, 0.25) is 0 Å². The maximum Gasteiger partial charge on any atom is 0.321 e. The predicted octanol–water partition coefficient (Wildman–Crippen LogP) is 2.40. The van der Waals surface area contributed by atoms with Crippen molar-refractivity contribution in [2.24, 2.45) is 11.8 Å². The van der Waals surface area contributed by atoms with Crippen LogP contribution in [0.25, 0.3) is 0 Å². The molecule has 0 fully saturated rings. The van der Waals surface area contributed by atoms with Gasteiger partial charge in [-0.1, -0.05) is 6.92 Å². The second-order valence-corrected chi connectivity index (χ2v) is 6.90. The van der Waals surface area contributed by atoms with Crippen LogP contribution in [0.15, 0.2) is 0 Å². The molecule has 0 saturated carbocycles. The molecule has 0 saturated heterocycles. The highest BCUT2D eigenvalue weighted by atomic mass is 16.6. The Bertz CT molecular complexity index is 371. The second-order valence-electron chi connectivity index (χ2n) is 6.90. The fourth-order valence-electron chi connectivity index (χ4n) is 1.71. The molecule has 0 rings (SSSR count). The quantitative estimate of drug-likeness (QED) is 0.619. The fraction of sp³-hybridized carbons (Fsp3) is 0.800. The van der Waals surface area contributed by atoms with E-state index in [-0.39, 0.29) is 6.42 Å². The average molecular weight is 302 g/mol. The van der Waals surface area contributed by atoms with Crippen LogP contribution >= 0.6 is 0 Å². The maximum atomic E-state index is 12.2. The zero-order valence-corrected chi connectivity index (χ0v) is 13.9. The Hall–Kier alpha value is -1.59. The molecule has 0 aromatic heterocycles. The summed E-state index contributed by atoms with van der Waals surface area (Å²) in [4.78, 5) is 35.7. The van der Waals surface area contributed by atoms with Gasteiger partial charge >= 0.3 is 17.9 Å². The van der Waals surface area contributed by atoms with Crippen LogP contribution in [0.4, 0.5) is 0 Å². The lowest BCUT2D eigenvalue weighted by atomic mass is 9.89. The Balaban J connectivity index is 5.42. The molecule has 0 heterocycles. The lowest BCUT2D eigenvalue weighted by Crippen LogP contribution is -2.42. The number of carbonyl (C=O) groups is 3. The van der Waals surface area contributed by atoms with Crippen LogP contribution in [-0.4, -0.2) is 34.2 Å². The van der Waals surface area contributed by atoms with Gasteiger partial charge in [-0.05, 0) is 48.0 Å². The van der Waals surface area contributed by atoms with Crippen molar-refractivity contribution in [1.82, 2.24) is 0 Å². The third-order valence-electron chi connectivity index (χ3n) is 2.48. The predicted molar refractivity (Wildman–Crippen MR) is 76.6 cm³/mol. The van der Waals surface area contributed by atoms with Gasteiger partial charge in [0.25, 0.3) is 0 Å². The van der Waals surface area contributed by atoms with Crippen LogP contribution in [0.5, 0.6) is 0 Å². The molecule has 0 radical (unpaired) electrons. The second kappa shape index (κ2) is 6.91. The molecule has 0 bridgehead atoms. The van der Waals surface area contributed by atoms with Gasteiger partial charge in [0.15, 0.2) is 5.92 Å². The summed E-state index contributed by atoms with van der Waals surface area (Å²) in [6.07, 6.45) is 0.123. The Labute approximate surface area is 125 Å². The number of carboxylic acid groups (broad SMARTS) is 1. The molecular formula is C15H26O6. The zero-order chi connectivity index (χ0) is 17.0. The third-order valence-corrected chi connectivity index (χ3v) is 2.48. The van der Waals surface area contributed by atoms with Crippen molar-refractivity contribution in [3.05, 3.63) is 0 Å². The van der Waals surface area contributed by atoms with E-state index in [2.05, 4.69) is 0 Å². The van der Waals surface area contributed by atoms with Crippen molar-refractivity contribution in [3.63, 3.8) is 0 Å². The monoisotopic (exact) mass is 302 g/mol. The number of carboxylic acids is 1. The third kappa shape index (κ3) is 7.11. The molecule has 0 aliphatic heterocycles. The van der Waals surface area contributed by atoms with E-state index in [0.29, 0.717) is 0 Å². The van der Waals surface area contributed by atoms with Crippen molar-refractivity contribution < 1.29 is 29.0 Å². The molecule has 0 amide bonds. The SMILES string of the molecule is CCC(C(=O)O)C(C(=O)OC(C)(C)C)C(=O)OC(C)(C)C. The van der Waals surface area contributed by atoms with Crippen molar-refractivity contribution in [2.45, 2.75) is 66.1 Å². The van der Waals surface area contributed by atoms with E-state index in [4.69, 9.17) is 9.47 Å². The van der Waals surface area contributed by atoms with Gasteiger partial charge in [0.05, 0.1) is 5.92 Å². The summed E-state index contributed by atoms with van der Waals surface area (Å²) >= 11 is 0. The van der Waals surface area contributed by atoms with E-state index in [9.17, 15) is 19.5 Å². The summed E-state index contributed by atoms with van der Waals surface area (Å²) < 4.78 is 10.3. The van der Waals surface area contributed by atoms with Crippen molar-refractivity contribution in [1.29, 1.82) is 0 Å². The highest BCUT2D eigenvalue weighted by Gasteiger charge is 2.43. The number of aliphatic carboxylic acids is 1. The normalized spacial score (nSPS) is 13.7.